The highest BCUT2D eigenvalue weighted by Crippen LogP contribution is 2.35. The van der Waals surface area contributed by atoms with Crippen molar-refractivity contribution >= 4 is 52.1 Å². The highest BCUT2D eigenvalue weighted by molar-refractivity contribution is 7.09. The molecule has 0 aliphatic carbocycles. The van der Waals surface area contributed by atoms with E-state index in [0.717, 1.165) is 0 Å². The standard InChI is InChI=1S/C25H32ClN9O3S/c1-30-22(37)14(4-2-3-7-31-25(28)29)8-20(36)18-13-39-23(33-18)19-9-16(27)11-35(19)24(38)17-12-34-10-15(26)5-6-21(34)32-17/h5-6,10,12-14,16,19H,2-4,7-9,11,27H2,1H3,(H,30,37)(H4,28,29,31)/t14-,16+,19+/m0/s1. The maximum Gasteiger partial charge on any atom is 0.274 e. The number of thiazole rings is 1. The number of nitrogens with two attached hydrogens (primary N) is 3. The van der Waals surface area contributed by atoms with Gasteiger partial charge in [0.15, 0.2) is 11.7 Å². The van der Waals surface area contributed by atoms with Gasteiger partial charge in [-0.25, -0.2) is 9.97 Å². The normalized spacial score (nSPS) is 17.8. The summed E-state index contributed by atoms with van der Waals surface area (Å²) in [6, 6.07) is 2.84. The van der Waals surface area contributed by atoms with Gasteiger partial charge in [-0.2, -0.15) is 0 Å². The molecule has 0 saturated carbocycles. The summed E-state index contributed by atoms with van der Waals surface area (Å²) in [6.07, 6.45) is 5.78. The molecule has 0 radical (unpaired) electrons. The van der Waals surface area contributed by atoms with Crippen molar-refractivity contribution in [2.24, 2.45) is 28.1 Å². The maximum absolute atomic E-state index is 13.4. The van der Waals surface area contributed by atoms with Crippen LogP contribution in [0.4, 0.5) is 0 Å². The highest BCUT2D eigenvalue weighted by atomic mass is 35.5. The highest BCUT2D eigenvalue weighted by Gasteiger charge is 2.38. The predicted molar refractivity (Wildman–Crippen MR) is 150 cm³/mol. The summed E-state index contributed by atoms with van der Waals surface area (Å²) in [5.74, 6) is -1.16. The monoisotopic (exact) mass is 573 g/mol. The Morgan fingerprint density at radius 1 is 1.21 bits per heavy atom. The van der Waals surface area contributed by atoms with Crippen LogP contribution in [0.3, 0.4) is 0 Å². The van der Waals surface area contributed by atoms with Gasteiger partial charge in [-0.15, -0.1) is 11.3 Å². The van der Waals surface area contributed by atoms with Gasteiger partial charge in [0.2, 0.25) is 5.91 Å². The first-order valence-corrected chi connectivity index (χ1v) is 13.9. The topological polar surface area (TPSA) is 187 Å². The number of rotatable bonds is 11. The van der Waals surface area contributed by atoms with E-state index in [1.807, 2.05) is 0 Å². The molecule has 4 rings (SSSR count). The number of carbonyl (C=O) groups excluding carboxylic acids is 3. The number of hydrogen-bond acceptors (Lipinski definition) is 8. The summed E-state index contributed by atoms with van der Waals surface area (Å²) >= 11 is 7.37. The number of aliphatic imine (C=N–C) groups is 1. The van der Waals surface area contributed by atoms with E-state index in [2.05, 4.69) is 20.3 Å². The lowest BCUT2D eigenvalue weighted by atomic mass is 9.94. The Balaban J connectivity index is 1.44. The van der Waals surface area contributed by atoms with Crippen molar-refractivity contribution in [3.05, 3.63) is 51.3 Å². The van der Waals surface area contributed by atoms with Gasteiger partial charge >= 0.3 is 0 Å². The molecule has 0 aromatic carbocycles. The van der Waals surface area contributed by atoms with E-state index in [1.54, 1.807) is 46.3 Å². The summed E-state index contributed by atoms with van der Waals surface area (Å²) in [4.78, 5) is 53.5. The van der Waals surface area contributed by atoms with E-state index in [-0.39, 0.29) is 53.4 Å². The second-order valence-corrected chi connectivity index (χ2v) is 10.8. The summed E-state index contributed by atoms with van der Waals surface area (Å²) in [6.45, 7) is 0.813. The van der Waals surface area contributed by atoms with Gasteiger partial charge in [0, 0.05) is 56.3 Å². The van der Waals surface area contributed by atoms with Crippen LogP contribution in [0.15, 0.2) is 34.9 Å². The van der Waals surface area contributed by atoms with Crippen molar-refractivity contribution in [2.45, 2.75) is 44.2 Å². The van der Waals surface area contributed by atoms with Crippen LogP contribution in [0.5, 0.6) is 0 Å². The maximum atomic E-state index is 13.4. The average molecular weight is 574 g/mol. The van der Waals surface area contributed by atoms with E-state index >= 15 is 0 Å². The molecule has 0 spiro atoms. The number of Topliss-reactive ketones (excluding diaryl/α,β-unsaturated/α-hetero) is 1. The van der Waals surface area contributed by atoms with Crippen LogP contribution in [0.25, 0.3) is 5.65 Å². The minimum Gasteiger partial charge on any atom is -0.370 e. The SMILES string of the molecule is CNC(=O)[C@@H](CCCCN=C(N)N)CC(=O)c1csc([C@H]2C[C@@H](N)CN2C(=O)c2cn3cc(Cl)ccc3n2)n1. The molecule has 7 N–H and O–H groups in total. The van der Waals surface area contributed by atoms with Crippen LogP contribution in [0.1, 0.15) is 64.1 Å². The van der Waals surface area contributed by atoms with E-state index in [1.165, 1.54) is 11.3 Å². The zero-order valence-corrected chi connectivity index (χ0v) is 23.1. The molecule has 1 aliphatic heterocycles. The number of carbonyl (C=O) groups is 3. The molecule has 1 saturated heterocycles. The van der Waals surface area contributed by atoms with Crippen LogP contribution >= 0.6 is 22.9 Å². The minimum absolute atomic E-state index is 0.0270. The lowest BCUT2D eigenvalue weighted by Crippen LogP contribution is -2.33. The van der Waals surface area contributed by atoms with Gasteiger partial charge in [-0.3, -0.25) is 19.4 Å². The zero-order valence-electron chi connectivity index (χ0n) is 21.5. The fourth-order valence-corrected chi connectivity index (χ4v) is 5.80. The number of pyridine rings is 1. The Labute approximate surface area is 234 Å². The first kappa shape index (κ1) is 28.5. The van der Waals surface area contributed by atoms with E-state index in [0.29, 0.717) is 54.5 Å². The number of unbranched alkanes of at least 4 members (excludes halogenated alkanes) is 1. The van der Waals surface area contributed by atoms with Crippen molar-refractivity contribution < 1.29 is 14.4 Å². The number of likely N-dealkylation sites (tertiary alicyclic amines) is 1. The fourth-order valence-electron chi connectivity index (χ4n) is 4.68. The molecule has 1 fully saturated rings. The molecule has 0 unspecified atom stereocenters. The summed E-state index contributed by atoms with van der Waals surface area (Å²) < 4.78 is 1.70. The number of nitrogens with zero attached hydrogens (tertiary/aromatic N) is 5. The molecule has 2 amide bonds. The Bertz CT molecular complexity index is 1380. The fraction of sp³-hybridized carbons (Fsp3) is 0.440. The van der Waals surface area contributed by atoms with Gasteiger partial charge in [-0.05, 0) is 31.4 Å². The Morgan fingerprint density at radius 3 is 2.74 bits per heavy atom. The number of guanidine groups is 1. The number of ketones is 1. The molecule has 0 bridgehead atoms. The average Bonchev–Trinajstić information content (AvgIpc) is 3.64. The van der Waals surface area contributed by atoms with Crippen LogP contribution in [0.2, 0.25) is 5.02 Å². The lowest BCUT2D eigenvalue weighted by Gasteiger charge is -2.21. The summed E-state index contributed by atoms with van der Waals surface area (Å²) in [5.41, 5.74) is 18.1. The Morgan fingerprint density at radius 2 is 2.00 bits per heavy atom. The molecule has 12 nitrogen and oxygen atoms in total. The van der Waals surface area contributed by atoms with E-state index in [9.17, 15) is 14.4 Å². The molecule has 1 aliphatic rings. The third-order valence-corrected chi connectivity index (χ3v) is 7.79. The molecular formula is C25H32ClN9O3S. The van der Waals surface area contributed by atoms with Gasteiger partial charge in [0.1, 0.15) is 22.0 Å². The van der Waals surface area contributed by atoms with Gasteiger partial charge in [0.05, 0.1) is 11.1 Å². The molecule has 3 atom stereocenters. The third-order valence-electron chi connectivity index (χ3n) is 6.63. The van der Waals surface area contributed by atoms with Crippen molar-refractivity contribution in [2.75, 3.05) is 20.1 Å². The largest absolute Gasteiger partial charge is 0.370 e. The molecular weight excluding hydrogens is 542 g/mol. The first-order chi connectivity index (χ1) is 18.7. The van der Waals surface area contributed by atoms with Crippen LogP contribution < -0.4 is 22.5 Å². The van der Waals surface area contributed by atoms with Crippen LogP contribution in [-0.4, -0.2) is 69.0 Å². The number of imidazole rings is 1. The molecule has 4 heterocycles. The number of aromatic nitrogens is 3. The van der Waals surface area contributed by atoms with Gasteiger partial charge in [0.25, 0.3) is 5.91 Å². The smallest absolute Gasteiger partial charge is 0.274 e. The zero-order chi connectivity index (χ0) is 28.1. The molecule has 3 aromatic heterocycles. The Hall–Kier alpha value is -3.55. The van der Waals surface area contributed by atoms with Gasteiger partial charge in [-0.1, -0.05) is 18.0 Å². The first-order valence-electron chi connectivity index (χ1n) is 12.6. The van der Waals surface area contributed by atoms with E-state index in [4.69, 9.17) is 28.8 Å². The van der Waals surface area contributed by atoms with E-state index < -0.39 is 5.92 Å². The van der Waals surface area contributed by atoms with Crippen molar-refractivity contribution in [3.63, 3.8) is 0 Å². The predicted octanol–water partition coefficient (Wildman–Crippen LogP) is 1.74. The van der Waals surface area contributed by atoms with Crippen molar-refractivity contribution in [1.29, 1.82) is 0 Å². The number of hydrogen-bond donors (Lipinski definition) is 4. The molecule has 14 heteroatoms. The Kier molecular flexibility index (Phi) is 9.15. The quantitative estimate of drug-likeness (QED) is 0.115. The van der Waals surface area contributed by atoms with Crippen LogP contribution in [0, 0.1) is 5.92 Å². The molecule has 3 aromatic rings. The molecule has 39 heavy (non-hydrogen) atoms. The number of halogens is 1. The lowest BCUT2D eigenvalue weighted by molar-refractivity contribution is -0.124. The number of nitrogens with one attached hydrogen (secondary N) is 1. The van der Waals surface area contributed by atoms with Gasteiger partial charge < -0.3 is 31.8 Å². The summed E-state index contributed by atoms with van der Waals surface area (Å²) in [5, 5.41) is 5.47. The van der Waals surface area contributed by atoms with Crippen molar-refractivity contribution in [1.82, 2.24) is 24.6 Å². The second kappa shape index (κ2) is 12.5. The number of fused-ring (bicyclic) bond motifs is 1. The van der Waals surface area contributed by atoms with Crippen LogP contribution in [-0.2, 0) is 4.79 Å². The third kappa shape index (κ3) is 6.91. The van der Waals surface area contributed by atoms with Crippen molar-refractivity contribution in [3.8, 4) is 0 Å². The summed E-state index contributed by atoms with van der Waals surface area (Å²) in [7, 11) is 1.55. The number of amides is 2. The minimum atomic E-state index is -0.492. The second-order valence-electron chi connectivity index (χ2n) is 9.52. The molecule has 208 valence electrons.